The minimum absolute atomic E-state index is 0.159. The number of hydrogen-bond acceptors (Lipinski definition) is 4. The van der Waals surface area contributed by atoms with Gasteiger partial charge in [0.1, 0.15) is 11.5 Å². The van der Waals surface area contributed by atoms with Crippen molar-refractivity contribution in [2.75, 3.05) is 24.9 Å². The Morgan fingerprint density at radius 1 is 0.656 bits per heavy atom. The van der Waals surface area contributed by atoms with E-state index in [1.54, 1.807) is 14.2 Å². The highest BCUT2D eigenvalue weighted by Crippen LogP contribution is 2.37. The van der Waals surface area contributed by atoms with Gasteiger partial charge in [0.15, 0.2) is 0 Å². The summed E-state index contributed by atoms with van der Waals surface area (Å²) in [6, 6.07) is 18.7. The van der Waals surface area contributed by atoms with E-state index in [1.165, 1.54) is 0 Å². The Balaban J connectivity index is 1.53. The second-order valence-corrected chi connectivity index (χ2v) is 7.52. The minimum atomic E-state index is -0.159. The van der Waals surface area contributed by atoms with Crippen LogP contribution in [0.2, 0.25) is 0 Å². The lowest BCUT2D eigenvalue weighted by Gasteiger charge is -2.04. The summed E-state index contributed by atoms with van der Waals surface area (Å²) in [4.78, 5) is 25.1. The average Bonchev–Trinajstić information content (AvgIpc) is 3.28. The average molecular weight is 424 g/mol. The SMILES string of the molecule is COc1ccc2c(c1)/C(=C\c1cccc(/C=C3/C(=O)Nc4ccc(OC)cc43)c1)C(=O)N2. The van der Waals surface area contributed by atoms with Gasteiger partial charge in [0, 0.05) is 33.6 Å². The van der Waals surface area contributed by atoms with E-state index < -0.39 is 0 Å². The highest BCUT2D eigenvalue weighted by atomic mass is 16.5. The fourth-order valence-corrected chi connectivity index (χ4v) is 3.95. The monoisotopic (exact) mass is 424 g/mol. The van der Waals surface area contributed by atoms with E-state index in [4.69, 9.17) is 9.47 Å². The number of rotatable bonds is 4. The number of fused-ring (bicyclic) bond motifs is 2. The van der Waals surface area contributed by atoms with Gasteiger partial charge in [0.25, 0.3) is 11.8 Å². The van der Waals surface area contributed by atoms with Crippen LogP contribution < -0.4 is 20.1 Å². The van der Waals surface area contributed by atoms with Gasteiger partial charge in [0.05, 0.1) is 14.2 Å². The van der Waals surface area contributed by atoms with Gasteiger partial charge in [-0.05, 0) is 65.7 Å². The molecule has 6 nitrogen and oxygen atoms in total. The third-order valence-corrected chi connectivity index (χ3v) is 5.55. The van der Waals surface area contributed by atoms with Crippen molar-refractivity contribution in [1.82, 2.24) is 0 Å². The summed E-state index contributed by atoms with van der Waals surface area (Å²) >= 11 is 0. The number of hydrogen-bond donors (Lipinski definition) is 2. The Morgan fingerprint density at radius 2 is 1.12 bits per heavy atom. The molecule has 0 aromatic heterocycles. The summed E-state index contributed by atoms with van der Waals surface area (Å²) in [5.74, 6) is 1.05. The summed E-state index contributed by atoms with van der Waals surface area (Å²) in [6.07, 6.45) is 3.68. The maximum Gasteiger partial charge on any atom is 0.256 e. The maximum atomic E-state index is 12.5. The molecule has 0 spiro atoms. The van der Waals surface area contributed by atoms with Crippen molar-refractivity contribution in [3.8, 4) is 11.5 Å². The second-order valence-electron chi connectivity index (χ2n) is 7.52. The lowest BCUT2D eigenvalue weighted by molar-refractivity contribution is -0.111. The van der Waals surface area contributed by atoms with Crippen LogP contribution in [0.25, 0.3) is 23.3 Å². The number of carbonyl (C=O) groups excluding carboxylic acids is 2. The van der Waals surface area contributed by atoms with E-state index in [9.17, 15) is 9.59 Å². The lowest BCUT2D eigenvalue weighted by Crippen LogP contribution is -2.03. The number of ether oxygens (including phenoxy) is 2. The number of benzene rings is 3. The largest absolute Gasteiger partial charge is 0.497 e. The van der Waals surface area contributed by atoms with Gasteiger partial charge in [-0.3, -0.25) is 9.59 Å². The predicted molar refractivity (Wildman–Crippen MR) is 125 cm³/mol. The van der Waals surface area contributed by atoms with Crippen molar-refractivity contribution < 1.29 is 19.1 Å². The molecular weight excluding hydrogens is 404 g/mol. The number of nitrogens with one attached hydrogen (secondary N) is 2. The standard InChI is InChI=1S/C26H20N2O4/c1-31-17-6-8-23-19(13-17)21(25(29)27-23)11-15-4-3-5-16(10-15)12-22-20-14-18(32-2)7-9-24(20)28-26(22)30/h3-14H,1-2H3,(H,27,29)(H,28,30)/b21-11+,22-12+. The second kappa shape index (κ2) is 7.74. The molecule has 0 saturated carbocycles. The molecule has 6 heteroatoms. The first-order valence-electron chi connectivity index (χ1n) is 10.1. The molecule has 0 unspecified atom stereocenters. The summed E-state index contributed by atoms with van der Waals surface area (Å²) in [5.41, 5.74) is 5.95. The first-order chi connectivity index (χ1) is 15.6. The van der Waals surface area contributed by atoms with Crippen LogP contribution in [-0.2, 0) is 9.59 Å². The van der Waals surface area contributed by atoms with E-state index in [0.717, 1.165) is 33.6 Å². The number of carbonyl (C=O) groups is 2. The van der Waals surface area contributed by atoms with Crippen molar-refractivity contribution in [1.29, 1.82) is 0 Å². The van der Waals surface area contributed by atoms with E-state index in [1.807, 2.05) is 72.8 Å². The predicted octanol–water partition coefficient (Wildman–Crippen LogP) is 4.69. The Hall–Kier alpha value is -4.32. The van der Waals surface area contributed by atoms with Crippen LogP contribution in [0.1, 0.15) is 22.3 Å². The van der Waals surface area contributed by atoms with E-state index >= 15 is 0 Å². The highest BCUT2D eigenvalue weighted by molar-refractivity contribution is 6.36. The molecule has 0 radical (unpaired) electrons. The molecule has 2 heterocycles. The maximum absolute atomic E-state index is 12.5. The number of methoxy groups -OCH3 is 2. The molecule has 0 saturated heterocycles. The summed E-state index contributed by atoms with van der Waals surface area (Å²) in [7, 11) is 3.19. The molecule has 5 rings (SSSR count). The van der Waals surface area contributed by atoms with Crippen molar-refractivity contribution >= 4 is 46.5 Å². The molecule has 158 valence electrons. The Bertz CT molecular complexity index is 1240. The smallest absolute Gasteiger partial charge is 0.256 e. The first kappa shape index (κ1) is 19.6. The molecule has 0 aliphatic carbocycles. The number of amides is 2. The van der Waals surface area contributed by atoms with Crippen LogP contribution in [0.5, 0.6) is 11.5 Å². The number of anilines is 2. The van der Waals surface area contributed by atoms with Gasteiger partial charge in [-0.2, -0.15) is 0 Å². The fraction of sp³-hybridized carbons (Fsp3) is 0.0769. The zero-order valence-corrected chi connectivity index (χ0v) is 17.6. The first-order valence-corrected chi connectivity index (χ1v) is 10.1. The molecule has 2 amide bonds. The zero-order valence-electron chi connectivity index (χ0n) is 17.6. The molecule has 32 heavy (non-hydrogen) atoms. The normalized spacial score (nSPS) is 16.6. The Kier molecular flexibility index (Phi) is 4.75. The van der Waals surface area contributed by atoms with Crippen LogP contribution in [0.15, 0.2) is 60.7 Å². The van der Waals surface area contributed by atoms with Crippen LogP contribution in [0.3, 0.4) is 0 Å². The molecular formula is C26H20N2O4. The third kappa shape index (κ3) is 3.41. The molecule has 0 atom stereocenters. The van der Waals surface area contributed by atoms with Crippen molar-refractivity contribution in [2.24, 2.45) is 0 Å². The topological polar surface area (TPSA) is 76.7 Å². The van der Waals surface area contributed by atoms with Gasteiger partial charge in [-0.25, -0.2) is 0 Å². The highest BCUT2D eigenvalue weighted by Gasteiger charge is 2.26. The van der Waals surface area contributed by atoms with Crippen molar-refractivity contribution in [3.63, 3.8) is 0 Å². The van der Waals surface area contributed by atoms with Crippen molar-refractivity contribution in [2.45, 2.75) is 0 Å². The zero-order chi connectivity index (χ0) is 22.2. The quantitative estimate of drug-likeness (QED) is 0.596. The summed E-state index contributed by atoms with van der Waals surface area (Å²) in [6.45, 7) is 0. The molecule has 0 fully saturated rings. The van der Waals surface area contributed by atoms with Gasteiger partial charge in [0.2, 0.25) is 0 Å². The Morgan fingerprint density at radius 3 is 1.56 bits per heavy atom. The third-order valence-electron chi connectivity index (χ3n) is 5.55. The van der Waals surface area contributed by atoms with Gasteiger partial charge < -0.3 is 20.1 Å². The van der Waals surface area contributed by atoms with Crippen LogP contribution in [-0.4, -0.2) is 26.0 Å². The van der Waals surface area contributed by atoms with Crippen LogP contribution in [0.4, 0.5) is 11.4 Å². The van der Waals surface area contributed by atoms with Gasteiger partial charge >= 0.3 is 0 Å². The van der Waals surface area contributed by atoms with Crippen LogP contribution in [0, 0.1) is 0 Å². The molecule has 3 aromatic carbocycles. The lowest BCUT2D eigenvalue weighted by atomic mass is 10.0. The van der Waals surface area contributed by atoms with Gasteiger partial charge in [-0.15, -0.1) is 0 Å². The van der Waals surface area contributed by atoms with Crippen molar-refractivity contribution in [3.05, 3.63) is 82.9 Å². The molecule has 2 aliphatic heterocycles. The van der Waals surface area contributed by atoms with E-state index in [0.29, 0.717) is 22.6 Å². The van der Waals surface area contributed by atoms with E-state index in [-0.39, 0.29) is 11.8 Å². The van der Waals surface area contributed by atoms with E-state index in [2.05, 4.69) is 10.6 Å². The fourth-order valence-electron chi connectivity index (χ4n) is 3.95. The minimum Gasteiger partial charge on any atom is -0.497 e. The Labute approximate surface area is 185 Å². The summed E-state index contributed by atoms with van der Waals surface area (Å²) < 4.78 is 10.6. The van der Waals surface area contributed by atoms with Gasteiger partial charge in [-0.1, -0.05) is 18.2 Å². The molecule has 0 bridgehead atoms. The van der Waals surface area contributed by atoms with Crippen LogP contribution >= 0.6 is 0 Å². The molecule has 3 aromatic rings. The molecule has 2 N–H and O–H groups in total. The summed E-state index contributed by atoms with van der Waals surface area (Å²) in [5, 5.41) is 5.76. The molecule has 2 aliphatic rings.